The number of halogens is 2. The van der Waals surface area contributed by atoms with Gasteiger partial charge in [-0.05, 0) is 49.1 Å². The second-order valence-corrected chi connectivity index (χ2v) is 9.96. The van der Waals surface area contributed by atoms with Gasteiger partial charge in [-0.2, -0.15) is 5.21 Å². The lowest BCUT2D eigenvalue weighted by molar-refractivity contribution is 0.151. The van der Waals surface area contributed by atoms with Gasteiger partial charge in [0.25, 0.3) is 6.43 Å². The molecule has 4 rings (SSSR count). The van der Waals surface area contributed by atoms with Crippen molar-refractivity contribution in [3.8, 4) is 11.4 Å². The van der Waals surface area contributed by atoms with Crippen LogP contribution in [0, 0.1) is 12.8 Å². The molecule has 3 aromatic rings. The van der Waals surface area contributed by atoms with Crippen LogP contribution < -0.4 is 4.90 Å². The van der Waals surface area contributed by atoms with Gasteiger partial charge in [-0.25, -0.2) is 8.78 Å². The molecular formula is C21H28F2N8S. The van der Waals surface area contributed by atoms with E-state index in [1.165, 1.54) is 0 Å². The molecule has 2 aromatic heterocycles. The van der Waals surface area contributed by atoms with Gasteiger partial charge < -0.3 is 4.90 Å². The first-order chi connectivity index (χ1) is 15.3. The topological polar surface area (TPSA) is 86.7 Å². The van der Waals surface area contributed by atoms with Crippen LogP contribution in [0.3, 0.4) is 0 Å². The van der Waals surface area contributed by atoms with Gasteiger partial charge >= 0.3 is 0 Å². The minimum Gasteiger partial charge on any atom is -0.368 e. The zero-order valence-corrected chi connectivity index (χ0v) is 19.5. The number of benzene rings is 1. The monoisotopic (exact) mass is 462 g/mol. The minimum atomic E-state index is -2.63. The molecule has 0 radical (unpaired) electrons. The highest BCUT2D eigenvalue weighted by molar-refractivity contribution is 7.11. The molecule has 3 heterocycles. The molecule has 11 heteroatoms. The van der Waals surface area contributed by atoms with Gasteiger partial charge in [0.2, 0.25) is 5.82 Å². The number of aryl methyl sites for hydroxylation is 1. The third-order valence-electron chi connectivity index (χ3n) is 5.67. The molecule has 0 amide bonds. The van der Waals surface area contributed by atoms with E-state index in [-0.39, 0.29) is 17.4 Å². The fourth-order valence-corrected chi connectivity index (χ4v) is 4.99. The zero-order chi connectivity index (χ0) is 22.8. The van der Waals surface area contributed by atoms with E-state index in [0.29, 0.717) is 24.6 Å². The molecule has 0 spiro atoms. The van der Waals surface area contributed by atoms with E-state index in [1.54, 1.807) is 17.4 Å². The number of nitrogens with one attached hydrogen (secondary N) is 1. The van der Waals surface area contributed by atoms with Crippen LogP contribution in [0.4, 0.5) is 14.5 Å². The highest BCUT2D eigenvalue weighted by atomic mass is 32.1. The molecule has 172 valence electrons. The molecule has 1 saturated heterocycles. The Morgan fingerprint density at radius 2 is 2.00 bits per heavy atom. The minimum absolute atomic E-state index is 0.0426. The molecule has 1 aliphatic heterocycles. The lowest BCUT2D eigenvalue weighted by Crippen LogP contribution is -2.51. The van der Waals surface area contributed by atoms with Crippen LogP contribution in [0.25, 0.3) is 11.4 Å². The van der Waals surface area contributed by atoms with Crippen molar-refractivity contribution in [2.24, 2.45) is 5.92 Å². The smallest absolute Gasteiger partial charge is 0.264 e. The molecule has 1 N–H and O–H groups in total. The first kappa shape index (κ1) is 22.7. The van der Waals surface area contributed by atoms with Gasteiger partial charge in [-0.3, -0.25) is 4.90 Å². The summed E-state index contributed by atoms with van der Waals surface area (Å²) in [5, 5.41) is 24.4. The highest BCUT2D eigenvalue weighted by Crippen LogP contribution is 2.39. The molecule has 0 unspecified atom stereocenters. The Morgan fingerprint density at radius 1 is 1.19 bits per heavy atom. The van der Waals surface area contributed by atoms with Crippen molar-refractivity contribution in [3.63, 3.8) is 0 Å². The summed E-state index contributed by atoms with van der Waals surface area (Å²) in [6.45, 7) is 11.2. The quantitative estimate of drug-likeness (QED) is 0.570. The van der Waals surface area contributed by atoms with Crippen molar-refractivity contribution < 1.29 is 8.78 Å². The van der Waals surface area contributed by atoms with E-state index < -0.39 is 6.43 Å². The van der Waals surface area contributed by atoms with Gasteiger partial charge in [0, 0.05) is 36.9 Å². The van der Waals surface area contributed by atoms with Crippen LogP contribution in [0.2, 0.25) is 0 Å². The summed E-state index contributed by atoms with van der Waals surface area (Å²) in [5.74, 6) is 0.557. The predicted molar refractivity (Wildman–Crippen MR) is 120 cm³/mol. The Kier molecular flexibility index (Phi) is 6.75. The normalized spacial score (nSPS) is 17.6. The fourth-order valence-electron chi connectivity index (χ4n) is 4.26. The Morgan fingerprint density at radius 3 is 2.59 bits per heavy atom. The Balaban J connectivity index is 1.66. The van der Waals surface area contributed by atoms with Crippen LogP contribution in [0.15, 0.2) is 12.1 Å². The summed E-state index contributed by atoms with van der Waals surface area (Å²) < 4.78 is 28.3. The average molecular weight is 463 g/mol. The van der Waals surface area contributed by atoms with Crippen molar-refractivity contribution in [2.75, 3.05) is 24.5 Å². The SMILES string of the molecule is Cc1nnc(CN2CCN(c3cc(CC(C)C)cc(C(F)F)c3-c3nn[nH]n3)C[C@@H]2C)s1. The van der Waals surface area contributed by atoms with Crippen molar-refractivity contribution >= 4 is 17.0 Å². The summed E-state index contributed by atoms with van der Waals surface area (Å²) >= 11 is 1.61. The number of piperazine rings is 1. The summed E-state index contributed by atoms with van der Waals surface area (Å²) in [4.78, 5) is 4.53. The average Bonchev–Trinajstić information content (AvgIpc) is 3.40. The summed E-state index contributed by atoms with van der Waals surface area (Å²) in [5.41, 5.74) is 1.97. The zero-order valence-electron chi connectivity index (χ0n) is 18.7. The van der Waals surface area contributed by atoms with Crippen molar-refractivity contribution in [1.29, 1.82) is 0 Å². The van der Waals surface area contributed by atoms with Crippen LogP contribution in [0.5, 0.6) is 0 Å². The molecule has 1 aromatic carbocycles. The number of H-pyrrole nitrogens is 1. The second-order valence-electron chi connectivity index (χ2n) is 8.69. The Hall–Kier alpha value is -2.53. The standard InChI is InChI=1S/C21H28F2N8S/c1-12(2)7-15-8-16(20(22)23)19(21-26-28-29-27-21)17(9-15)31-6-5-30(13(3)10-31)11-18-25-24-14(4)32-18/h8-9,12-13,20H,5-7,10-11H2,1-4H3,(H,26,27,28,29)/t13-/m0/s1. The molecule has 1 fully saturated rings. The van der Waals surface area contributed by atoms with E-state index >= 15 is 0 Å². The molecule has 0 bridgehead atoms. The second kappa shape index (κ2) is 9.53. The number of tetrazole rings is 1. The lowest BCUT2D eigenvalue weighted by Gasteiger charge is -2.41. The number of aromatic nitrogens is 6. The molecular weight excluding hydrogens is 434 g/mol. The van der Waals surface area contributed by atoms with E-state index in [9.17, 15) is 8.78 Å². The van der Waals surface area contributed by atoms with Gasteiger partial charge in [0.15, 0.2) is 0 Å². The largest absolute Gasteiger partial charge is 0.368 e. The predicted octanol–water partition coefficient (Wildman–Crippen LogP) is 3.87. The van der Waals surface area contributed by atoms with Crippen LogP contribution in [-0.2, 0) is 13.0 Å². The molecule has 0 aliphatic carbocycles. The van der Waals surface area contributed by atoms with Crippen molar-refractivity contribution in [1.82, 2.24) is 35.7 Å². The molecule has 8 nitrogen and oxygen atoms in total. The van der Waals surface area contributed by atoms with Gasteiger partial charge in [-0.15, -0.1) is 31.7 Å². The number of alkyl halides is 2. The maximum Gasteiger partial charge on any atom is 0.264 e. The molecule has 1 aliphatic rings. The molecule has 0 saturated carbocycles. The number of hydrogen-bond donors (Lipinski definition) is 1. The molecule has 1 atom stereocenters. The number of rotatable bonds is 7. The summed E-state index contributed by atoms with van der Waals surface area (Å²) in [7, 11) is 0. The van der Waals surface area contributed by atoms with Crippen LogP contribution in [-0.4, -0.2) is 61.4 Å². The van der Waals surface area contributed by atoms with Crippen molar-refractivity contribution in [2.45, 2.75) is 53.1 Å². The fraction of sp³-hybridized carbons (Fsp3) is 0.571. The number of hydrogen-bond acceptors (Lipinski definition) is 8. The summed E-state index contributed by atoms with van der Waals surface area (Å²) in [6.07, 6.45) is -1.90. The maximum atomic E-state index is 14.1. The number of anilines is 1. The first-order valence-electron chi connectivity index (χ1n) is 10.8. The first-order valence-corrected chi connectivity index (χ1v) is 11.6. The molecule has 32 heavy (non-hydrogen) atoms. The third kappa shape index (κ3) is 4.93. The number of nitrogens with zero attached hydrogens (tertiary/aromatic N) is 7. The van der Waals surface area contributed by atoms with Crippen LogP contribution >= 0.6 is 11.3 Å². The van der Waals surface area contributed by atoms with E-state index in [4.69, 9.17) is 0 Å². The Bertz CT molecular complexity index is 1040. The van der Waals surface area contributed by atoms with Gasteiger partial charge in [0.1, 0.15) is 10.0 Å². The van der Waals surface area contributed by atoms with Crippen molar-refractivity contribution in [3.05, 3.63) is 33.3 Å². The maximum absolute atomic E-state index is 14.1. The number of aromatic amines is 1. The van der Waals surface area contributed by atoms with E-state index in [1.807, 2.05) is 13.0 Å². The third-order valence-corrected chi connectivity index (χ3v) is 6.49. The van der Waals surface area contributed by atoms with E-state index in [0.717, 1.165) is 40.8 Å². The lowest BCUT2D eigenvalue weighted by atomic mass is 9.94. The van der Waals surface area contributed by atoms with Gasteiger partial charge in [0.05, 0.1) is 12.1 Å². The van der Waals surface area contributed by atoms with Crippen LogP contribution in [0.1, 0.15) is 48.3 Å². The highest BCUT2D eigenvalue weighted by Gasteiger charge is 2.30. The summed E-state index contributed by atoms with van der Waals surface area (Å²) in [6, 6.07) is 3.83. The van der Waals surface area contributed by atoms with Gasteiger partial charge in [-0.1, -0.05) is 13.8 Å². The Labute approximate surface area is 190 Å². The van der Waals surface area contributed by atoms with E-state index in [2.05, 4.69) is 61.4 Å².